The maximum absolute atomic E-state index is 12.5. The SMILES string of the molecule is CC(CO)(NC(=O)C1CCC(CN)CC1)c1ccccc1. The molecule has 0 aromatic heterocycles. The van der Waals surface area contributed by atoms with Crippen molar-refractivity contribution in [2.75, 3.05) is 13.2 Å². The summed E-state index contributed by atoms with van der Waals surface area (Å²) in [6, 6.07) is 9.63. The third kappa shape index (κ3) is 3.83. The lowest BCUT2D eigenvalue weighted by Gasteiger charge is -2.33. The van der Waals surface area contributed by atoms with Gasteiger partial charge in [-0.2, -0.15) is 0 Å². The zero-order valence-electron chi connectivity index (χ0n) is 12.7. The van der Waals surface area contributed by atoms with Crippen LogP contribution in [-0.4, -0.2) is 24.2 Å². The number of amides is 1. The van der Waals surface area contributed by atoms with Crippen molar-refractivity contribution >= 4 is 5.91 Å². The number of hydrogen-bond acceptors (Lipinski definition) is 3. The molecule has 1 aromatic carbocycles. The highest BCUT2D eigenvalue weighted by Gasteiger charge is 2.32. The highest BCUT2D eigenvalue weighted by molar-refractivity contribution is 5.79. The van der Waals surface area contributed by atoms with Crippen molar-refractivity contribution in [3.05, 3.63) is 35.9 Å². The molecule has 4 nitrogen and oxygen atoms in total. The van der Waals surface area contributed by atoms with Crippen LogP contribution < -0.4 is 11.1 Å². The predicted molar refractivity (Wildman–Crippen MR) is 83.5 cm³/mol. The lowest BCUT2D eigenvalue weighted by Crippen LogP contribution is -2.49. The van der Waals surface area contributed by atoms with Crippen LogP contribution in [0.5, 0.6) is 0 Å². The van der Waals surface area contributed by atoms with E-state index in [2.05, 4.69) is 5.32 Å². The molecular formula is C17H26N2O2. The van der Waals surface area contributed by atoms with Gasteiger partial charge in [0.2, 0.25) is 5.91 Å². The van der Waals surface area contributed by atoms with Gasteiger partial charge in [0.1, 0.15) is 0 Å². The summed E-state index contributed by atoms with van der Waals surface area (Å²) in [5.74, 6) is 0.653. The Morgan fingerprint density at radius 2 is 1.90 bits per heavy atom. The van der Waals surface area contributed by atoms with Crippen molar-refractivity contribution in [1.29, 1.82) is 0 Å². The Kier molecular flexibility index (Phi) is 5.37. The molecule has 1 aliphatic rings. The minimum absolute atomic E-state index is 0.0439. The van der Waals surface area contributed by atoms with Crippen LogP contribution in [0.15, 0.2) is 30.3 Å². The van der Waals surface area contributed by atoms with Gasteiger partial charge in [0.25, 0.3) is 0 Å². The maximum atomic E-state index is 12.5. The first kappa shape index (κ1) is 16.0. The molecule has 4 heteroatoms. The molecule has 1 saturated carbocycles. The van der Waals surface area contributed by atoms with E-state index in [4.69, 9.17) is 5.73 Å². The number of rotatable bonds is 5. The first-order chi connectivity index (χ1) is 10.1. The average Bonchev–Trinajstić information content (AvgIpc) is 2.55. The van der Waals surface area contributed by atoms with Crippen molar-refractivity contribution < 1.29 is 9.90 Å². The summed E-state index contributed by atoms with van der Waals surface area (Å²) in [4.78, 5) is 12.5. The van der Waals surface area contributed by atoms with Crippen molar-refractivity contribution in [2.45, 2.75) is 38.1 Å². The monoisotopic (exact) mass is 290 g/mol. The molecule has 0 bridgehead atoms. The number of carbonyl (C=O) groups is 1. The highest BCUT2D eigenvalue weighted by Crippen LogP contribution is 2.29. The Morgan fingerprint density at radius 1 is 1.29 bits per heavy atom. The zero-order valence-corrected chi connectivity index (χ0v) is 12.7. The van der Waals surface area contributed by atoms with Crippen molar-refractivity contribution in [3.8, 4) is 0 Å². The normalized spacial score (nSPS) is 25.1. The molecule has 21 heavy (non-hydrogen) atoms. The Labute approximate surface area is 126 Å². The van der Waals surface area contributed by atoms with E-state index in [1.54, 1.807) is 0 Å². The van der Waals surface area contributed by atoms with E-state index in [0.717, 1.165) is 31.2 Å². The number of nitrogens with two attached hydrogens (primary N) is 1. The number of aliphatic hydroxyl groups is 1. The lowest BCUT2D eigenvalue weighted by atomic mass is 9.81. The van der Waals surface area contributed by atoms with E-state index in [-0.39, 0.29) is 18.4 Å². The molecule has 1 fully saturated rings. The first-order valence-electron chi connectivity index (χ1n) is 7.77. The van der Waals surface area contributed by atoms with Gasteiger partial charge >= 0.3 is 0 Å². The Morgan fingerprint density at radius 3 is 2.43 bits per heavy atom. The smallest absolute Gasteiger partial charge is 0.223 e. The third-order valence-electron chi connectivity index (χ3n) is 4.68. The number of benzene rings is 1. The number of nitrogens with one attached hydrogen (secondary N) is 1. The fourth-order valence-corrected chi connectivity index (χ4v) is 3.04. The molecule has 0 aliphatic heterocycles. The summed E-state index contributed by atoms with van der Waals surface area (Å²) < 4.78 is 0. The molecule has 0 heterocycles. The third-order valence-corrected chi connectivity index (χ3v) is 4.68. The summed E-state index contributed by atoms with van der Waals surface area (Å²) in [6.07, 6.45) is 3.83. The van der Waals surface area contributed by atoms with E-state index in [0.29, 0.717) is 12.5 Å². The molecule has 1 unspecified atom stereocenters. The van der Waals surface area contributed by atoms with E-state index < -0.39 is 5.54 Å². The Hall–Kier alpha value is -1.39. The summed E-state index contributed by atoms with van der Waals surface area (Å²) in [5, 5.41) is 12.8. The van der Waals surface area contributed by atoms with Crippen LogP contribution in [-0.2, 0) is 10.3 Å². The average molecular weight is 290 g/mol. The van der Waals surface area contributed by atoms with Crippen molar-refractivity contribution in [2.24, 2.45) is 17.6 Å². The van der Waals surface area contributed by atoms with Crippen molar-refractivity contribution in [1.82, 2.24) is 5.32 Å². The summed E-state index contributed by atoms with van der Waals surface area (Å²) >= 11 is 0. The van der Waals surface area contributed by atoms with Crippen LogP contribution >= 0.6 is 0 Å². The molecule has 2 rings (SSSR count). The van der Waals surface area contributed by atoms with Gasteiger partial charge in [0.15, 0.2) is 0 Å². The summed E-state index contributed by atoms with van der Waals surface area (Å²) in [5.41, 5.74) is 5.90. The van der Waals surface area contributed by atoms with Crippen LogP contribution in [0.2, 0.25) is 0 Å². The molecular weight excluding hydrogens is 264 g/mol. The summed E-state index contributed by atoms with van der Waals surface area (Å²) in [7, 11) is 0. The molecule has 1 aromatic rings. The molecule has 1 amide bonds. The molecule has 116 valence electrons. The highest BCUT2D eigenvalue weighted by atomic mass is 16.3. The molecule has 1 aliphatic carbocycles. The summed E-state index contributed by atoms with van der Waals surface area (Å²) in [6.45, 7) is 2.47. The quantitative estimate of drug-likeness (QED) is 0.773. The largest absolute Gasteiger partial charge is 0.394 e. The van der Waals surface area contributed by atoms with E-state index >= 15 is 0 Å². The molecule has 1 atom stereocenters. The number of carbonyl (C=O) groups excluding carboxylic acids is 1. The standard InChI is InChI=1S/C17H26N2O2/c1-17(12-20,15-5-3-2-4-6-15)19-16(21)14-9-7-13(11-18)8-10-14/h2-6,13-14,20H,7-12,18H2,1H3,(H,19,21). The van der Waals surface area contributed by atoms with Crippen LogP contribution in [0.3, 0.4) is 0 Å². The second-order valence-electron chi connectivity index (χ2n) is 6.30. The van der Waals surface area contributed by atoms with Crippen LogP contribution in [0.4, 0.5) is 0 Å². The maximum Gasteiger partial charge on any atom is 0.223 e. The molecule has 0 spiro atoms. The van der Waals surface area contributed by atoms with E-state index in [9.17, 15) is 9.90 Å². The van der Waals surface area contributed by atoms with Gasteiger partial charge < -0.3 is 16.2 Å². The molecule has 4 N–H and O–H groups in total. The van der Waals surface area contributed by atoms with Gasteiger partial charge in [-0.3, -0.25) is 4.79 Å². The topological polar surface area (TPSA) is 75.3 Å². The van der Waals surface area contributed by atoms with Crippen LogP contribution in [0, 0.1) is 11.8 Å². The van der Waals surface area contributed by atoms with Crippen molar-refractivity contribution in [3.63, 3.8) is 0 Å². The fourth-order valence-electron chi connectivity index (χ4n) is 3.04. The molecule has 0 saturated heterocycles. The van der Waals surface area contributed by atoms with Gasteiger partial charge in [0.05, 0.1) is 12.1 Å². The number of aliphatic hydroxyl groups excluding tert-OH is 1. The fraction of sp³-hybridized carbons (Fsp3) is 0.588. The predicted octanol–water partition coefficient (Wildman–Crippen LogP) is 1.78. The Balaban J connectivity index is 2.00. The van der Waals surface area contributed by atoms with Gasteiger partial charge in [0, 0.05) is 5.92 Å². The van der Waals surface area contributed by atoms with Gasteiger partial charge in [-0.15, -0.1) is 0 Å². The minimum atomic E-state index is -0.719. The minimum Gasteiger partial charge on any atom is -0.394 e. The second-order valence-corrected chi connectivity index (χ2v) is 6.30. The lowest BCUT2D eigenvalue weighted by molar-refractivity contribution is -0.128. The molecule has 0 radical (unpaired) electrons. The van der Waals surface area contributed by atoms with Gasteiger partial charge in [-0.05, 0) is 50.6 Å². The van der Waals surface area contributed by atoms with E-state index in [1.807, 2.05) is 37.3 Å². The van der Waals surface area contributed by atoms with Gasteiger partial charge in [-0.1, -0.05) is 30.3 Å². The Bertz CT molecular complexity index is 455. The van der Waals surface area contributed by atoms with Crippen LogP contribution in [0.25, 0.3) is 0 Å². The van der Waals surface area contributed by atoms with E-state index in [1.165, 1.54) is 0 Å². The second kappa shape index (κ2) is 7.05. The zero-order chi connectivity index (χ0) is 15.3. The number of hydrogen-bond donors (Lipinski definition) is 3. The van der Waals surface area contributed by atoms with Gasteiger partial charge in [-0.25, -0.2) is 0 Å². The van der Waals surface area contributed by atoms with Crippen LogP contribution in [0.1, 0.15) is 38.2 Å². The first-order valence-corrected chi connectivity index (χ1v) is 7.77.